The monoisotopic (exact) mass is 306 g/mol. The molecule has 0 atom stereocenters. The van der Waals surface area contributed by atoms with Crippen LogP contribution >= 0.6 is 11.8 Å². The van der Waals surface area contributed by atoms with Gasteiger partial charge in [-0.15, -0.1) is 5.10 Å². The average Bonchev–Trinajstić information content (AvgIpc) is 2.84. The number of rotatable bonds is 6. The zero-order valence-corrected chi connectivity index (χ0v) is 13.8. The second kappa shape index (κ2) is 7.00. The predicted octanol–water partition coefficient (Wildman–Crippen LogP) is 2.06. The number of hydrogen-bond acceptors (Lipinski definition) is 6. The van der Waals surface area contributed by atoms with Gasteiger partial charge >= 0.3 is 0 Å². The van der Waals surface area contributed by atoms with E-state index in [1.165, 1.54) is 5.56 Å². The van der Waals surface area contributed by atoms with Gasteiger partial charge in [0.25, 0.3) is 0 Å². The summed E-state index contributed by atoms with van der Waals surface area (Å²) in [7, 11) is 0. The summed E-state index contributed by atoms with van der Waals surface area (Å²) in [5.74, 6) is 0.778. The van der Waals surface area contributed by atoms with Crippen LogP contribution in [0.15, 0.2) is 23.5 Å². The minimum Gasteiger partial charge on any atom is -0.310 e. The van der Waals surface area contributed by atoms with Crippen molar-refractivity contribution in [2.45, 2.75) is 50.7 Å². The summed E-state index contributed by atoms with van der Waals surface area (Å²) in [6.45, 7) is 10.1. The largest absolute Gasteiger partial charge is 0.310 e. The standard InChI is InChI=1S/C14H22N6S/c1-11-6-5-7-15-12(11)10-21-13-17-18-19-20(13)9-8-16-14(2,3)4/h5-7,16H,8-10H2,1-4H3. The van der Waals surface area contributed by atoms with Gasteiger partial charge in [-0.05, 0) is 49.8 Å². The Labute approximate surface area is 129 Å². The van der Waals surface area contributed by atoms with E-state index in [-0.39, 0.29) is 5.54 Å². The molecule has 0 aliphatic carbocycles. The van der Waals surface area contributed by atoms with Crippen molar-refractivity contribution in [3.8, 4) is 0 Å². The number of tetrazole rings is 1. The van der Waals surface area contributed by atoms with Crippen LogP contribution in [0.3, 0.4) is 0 Å². The highest BCUT2D eigenvalue weighted by Crippen LogP contribution is 2.20. The van der Waals surface area contributed by atoms with Crippen molar-refractivity contribution in [2.75, 3.05) is 6.54 Å². The third kappa shape index (κ3) is 5.09. The van der Waals surface area contributed by atoms with Crippen molar-refractivity contribution in [3.05, 3.63) is 29.6 Å². The van der Waals surface area contributed by atoms with Crippen LogP contribution in [0.5, 0.6) is 0 Å². The lowest BCUT2D eigenvalue weighted by Gasteiger charge is -2.20. The number of nitrogens with one attached hydrogen (secondary N) is 1. The number of nitrogens with zero attached hydrogens (tertiary/aromatic N) is 5. The summed E-state index contributed by atoms with van der Waals surface area (Å²) in [6, 6.07) is 4.02. The van der Waals surface area contributed by atoms with Crippen LogP contribution in [0, 0.1) is 6.92 Å². The first-order valence-corrected chi connectivity index (χ1v) is 7.99. The fourth-order valence-electron chi connectivity index (χ4n) is 1.78. The summed E-state index contributed by atoms with van der Waals surface area (Å²) in [6.07, 6.45) is 1.82. The van der Waals surface area contributed by atoms with Crippen molar-refractivity contribution in [2.24, 2.45) is 0 Å². The topological polar surface area (TPSA) is 68.5 Å². The Morgan fingerprint density at radius 2 is 2.14 bits per heavy atom. The predicted molar refractivity (Wildman–Crippen MR) is 84.1 cm³/mol. The molecule has 114 valence electrons. The van der Waals surface area contributed by atoms with Crippen LogP contribution in [0.4, 0.5) is 0 Å². The molecular weight excluding hydrogens is 284 g/mol. The van der Waals surface area contributed by atoms with Crippen molar-refractivity contribution in [1.82, 2.24) is 30.5 Å². The minimum atomic E-state index is 0.104. The molecular formula is C14H22N6S. The van der Waals surface area contributed by atoms with Crippen LogP contribution in [-0.2, 0) is 12.3 Å². The molecule has 1 N–H and O–H groups in total. The molecule has 2 aromatic rings. The molecule has 0 spiro atoms. The molecule has 0 fully saturated rings. The third-order valence-corrected chi connectivity index (χ3v) is 3.90. The van der Waals surface area contributed by atoms with Crippen LogP contribution in [0.25, 0.3) is 0 Å². The second-order valence-corrected chi connectivity index (χ2v) is 6.86. The Bertz CT molecular complexity index is 575. The third-order valence-electron chi connectivity index (χ3n) is 2.93. The van der Waals surface area contributed by atoms with E-state index >= 15 is 0 Å². The first-order chi connectivity index (χ1) is 9.96. The smallest absolute Gasteiger partial charge is 0.209 e. The lowest BCUT2D eigenvalue weighted by Crippen LogP contribution is -2.38. The van der Waals surface area contributed by atoms with Gasteiger partial charge in [-0.3, -0.25) is 4.98 Å². The first-order valence-electron chi connectivity index (χ1n) is 7.00. The van der Waals surface area contributed by atoms with Crippen LogP contribution in [0.1, 0.15) is 32.0 Å². The Kier molecular flexibility index (Phi) is 5.30. The van der Waals surface area contributed by atoms with Crippen molar-refractivity contribution in [3.63, 3.8) is 0 Å². The van der Waals surface area contributed by atoms with Crippen molar-refractivity contribution < 1.29 is 0 Å². The molecule has 2 rings (SSSR count). The van der Waals surface area contributed by atoms with E-state index in [0.29, 0.717) is 0 Å². The van der Waals surface area contributed by atoms with E-state index in [2.05, 4.69) is 59.6 Å². The van der Waals surface area contributed by atoms with Gasteiger partial charge in [0.1, 0.15) is 0 Å². The van der Waals surface area contributed by atoms with Gasteiger partial charge in [0, 0.05) is 24.0 Å². The number of thioether (sulfide) groups is 1. The maximum atomic E-state index is 4.39. The molecule has 0 amide bonds. The molecule has 0 saturated heterocycles. The number of aromatic nitrogens is 5. The summed E-state index contributed by atoms with van der Waals surface area (Å²) in [4.78, 5) is 4.39. The zero-order valence-electron chi connectivity index (χ0n) is 13.0. The van der Waals surface area contributed by atoms with Gasteiger partial charge in [0.15, 0.2) is 0 Å². The van der Waals surface area contributed by atoms with Gasteiger partial charge in [0.2, 0.25) is 5.16 Å². The molecule has 0 aliphatic rings. The van der Waals surface area contributed by atoms with E-state index in [1.54, 1.807) is 11.8 Å². The van der Waals surface area contributed by atoms with E-state index in [4.69, 9.17) is 0 Å². The first kappa shape index (κ1) is 15.9. The molecule has 0 aliphatic heterocycles. The van der Waals surface area contributed by atoms with E-state index in [9.17, 15) is 0 Å². The van der Waals surface area contributed by atoms with E-state index < -0.39 is 0 Å². The van der Waals surface area contributed by atoms with Crippen LogP contribution in [-0.4, -0.2) is 37.3 Å². The summed E-state index contributed by atoms with van der Waals surface area (Å²) >= 11 is 1.62. The lowest BCUT2D eigenvalue weighted by atomic mass is 10.1. The summed E-state index contributed by atoms with van der Waals surface area (Å²) < 4.78 is 1.84. The molecule has 0 radical (unpaired) electrons. The Morgan fingerprint density at radius 1 is 1.33 bits per heavy atom. The molecule has 0 saturated carbocycles. The molecule has 0 aromatic carbocycles. The highest BCUT2D eigenvalue weighted by atomic mass is 32.2. The number of aryl methyl sites for hydroxylation is 1. The highest BCUT2D eigenvalue weighted by molar-refractivity contribution is 7.98. The van der Waals surface area contributed by atoms with Crippen LogP contribution < -0.4 is 5.32 Å². The second-order valence-electron chi connectivity index (χ2n) is 5.92. The van der Waals surface area contributed by atoms with Gasteiger partial charge in [-0.2, -0.15) is 0 Å². The van der Waals surface area contributed by atoms with Gasteiger partial charge in [-0.1, -0.05) is 17.8 Å². The maximum Gasteiger partial charge on any atom is 0.209 e. The zero-order chi connectivity index (χ0) is 15.3. The fraction of sp³-hybridized carbons (Fsp3) is 0.571. The van der Waals surface area contributed by atoms with Crippen LogP contribution in [0.2, 0.25) is 0 Å². The Morgan fingerprint density at radius 3 is 2.86 bits per heavy atom. The normalized spacial score (nSPS) is 11.8. The molecule has 21 heavy (non-hydrogen) atoms. The Balaban J connectivity index is 1.90. The average molecular weight is 306 g/mol. The van der Waals surface area contributed by atoms with Gasteiger partial charge in [-0.25, -0.2) is 4.68 Å². The molecule has 6 nitrogen and oxygen atoms in total. The van der Waals surface area contributed by atoms with E-state index in [0.717, 1.165) is 29.7 Å². The minimum absolute atomic E-state index is 0.104. The van der Waals surface area contributed by atoms with E-state index in [1.807, 2.05) is 16.9 Å². The molecule has 0 unspecified atom stereocenters. The van der Waals surface area contributed by atoms with Gasteiger partial charge in [0.05, 0.1) is 12.2 Å². The number of hydrogen-bond donors (Lipinski definition) is 1. The molecule has 0 bridgehead atoms. The number of pyridine rings is 1. The molecule has 7 heteroatoms. The lowest BCUT2D eigenvalue weighted by molar-refractivity contribution is 0.396. The van der Waals surface area contributed by atoms with Gasteiger partial charge < -0.3 is 5.32 Å². The SMILES string of the molecule is Cc1cccnc1CSc1nnnn1CCNC(C)(C)C. The van der Waals surface area contributed by atoms with Crippen molar-refractivity contribution >= 4 is 11.8 Å². The molecule has 2 heterocycles. The Hall–Kier alpha value is -1.47. The molecule has 2 aromatic heterocycles. The summed E-state index contributed by atoms with van der Waals surface area (Å²) in [5.41, 5.74) is 2.37. The quantitative estimate of drug-likeness (QED) is 0.824. The summed E-state index contributed by atoms with van der Waals surface area (Å²) in [5, 5.41) is 16.2. The highest BCUT2D eigenvalue weighted by Gasteiger charge is 2.11. The van der Waals surface area contributed by atoms with Crippen molar-refractivity contribution in [1.29, 1.82) is 0 Å². The maximum absolute atomic E-state index is 4.39. The fourth-order valence-corrected chi connectivity index (χ4v) is 2.72.